The largest absolute Gasteiger partial charge is 0.493 e. The molecule has 2 saturated carbocycles. The highest BCUT2D eigenvalue weighted by Gasteiger charge is 2.32. The summed E-state index contributed by atoms with van der Waals surface area (Å²) in [5.74, 6) is 1.40. The minimum atomic E-state index is -0.414. The van der Waals surface area contributed by atoms with Gasteiger partial charge in [0, 0.05) is 18.7 Å². The van der Waals surface area contributed by atoms with Gasteiger partial charge in [-0.05, 0) is 137 Å². The van der Waals surface area contributed by atoms with Gasteiger partial charge in [-0.3, -0.25) is 9.59 Å². The van der Waals surface area contributed by atoms with Crippen molar-refractivity contribution >= 4 is 50.8 Å². The van der Waals surface area contributed by atoms with Crippen molar-refractivity contribution in [3.05, 3.63) is 90.5 Å². The molecule has 4 aromatic rings. The molecule has 0 saturated heterocycles. The molecule has 1 heterocycles. The molecule has 0 aliphatic heterocycles. The molecule has 3 aromatic carbocycles. The van der Waals surface area contributed by atoms with Gasteiger partial charge in [0.1, 0.15) is 17.2 Å². The molecule has 0 unspecified atom stereocenters. The lowest BCUT2D eigenvalue weighted by Gasteiger charge is -2.28. The number of unbranched alkanes of at least 4 members (excludes halogenated alkanes) is 3. The molecule has 64 heavy (non-hydrogen) atoms. The average molecular weight is 896 g/mol. The first-order valence-electron chi connectivity index (χ1n) is 23.2. The van der Waals surface area contributed by atoms with Crippen LogP contribution >= 0.6 is 11.3 Å². The lowest BCUT2D eigenvalue weighted by Crippen LogP contribution is -2.30. The minimum Gasteiger partial charge on any atom is -0.493 e. The average Bonchev–Trinajstić information content (AvgIpc) is 3.76. The number of anilines is 1. The number of hydrogen-bond donors (Lipinski definition) is 0. The summed E-state index contributed by atoms with van der Waals surface area (Å²) in [4.78, 5) is 42.9. The highest BCUT2D eigenvalue weighted by Crippen LogP contribution is 2.38. The monoisotopic (exact) mass is 895 g/mol. The Hall–Kier alpha value is -5.11. The number of para-hydroxylation sites is 1. The molecule has 0 radical (unpaired) electrons. The lowest BCUT2D eigenvalue weighted by atomic mass is 9.77. The van der Waals surface area contributed by atoms with Gasteiger partial charge < -0.3 is 28.4 Å². The van der Waals surface area contributed by atoms with Crippen LogP contribution in [-0.2, 0) is 28.6 Å². The third-order valence-electron chi connectivity index (χ3n) is 12.1. The lowest BCUT2D eigenvalue weighted by molar-refractivity contribution is -0.145. The summed E-state index contributed by atoms with van der Waals surface area (Å²) in [5, 5.41) is 7.38. The van der Waals surface area contributed by atoms with Crippen molar-refractivity contribution in [1.82, 2.24) is 4.98 Å². The summed E-state index contributed by atoms with van der Waals surface area (Å²) in [7, 11) is 1.64. The van der Waals surface area contributed by atoms with Crippen molar-refractivity contribution in [2.75, 3.05) is 51.7 Å². The number of benzene rings is 3. The molecular weight excluding hydrogens is 831 g/mol. The molecule has 2 aliphatic carbocycles. The number of rotatable bonds is 25. The van der Waals surface area contributed by atoms with E-state index in [1.165, 1.54) is 61.5 Å². The van der Waals surface area contributed by atoms with Crippen molar-refractivity contribution in [1.29, 1.82) is 0 Å². The standard InChI is InChI=1S/C51H65N3O9S/c1-4-12-37-15-17-38(18-16-37)39-23-25-43(26-24-39)62-49(56)40-19-21-41(22-20-40)50(57)63-44-27-28-46(60-30-10-6-7-11-31-61-48(55)5-2)42(35-44)36-52-54(29-32-59-34-33-58-3)51-53-45-13-8-9-14-47(45)64-51/h5,8-9,13-14,23-28,35-38,40-41H,2,4,6-7,10-12,15-22,29-34H2,1,3H3/b52-36+. The van der Waals surface area contributed by atoms with Crippen LogP contribution in [0, 0.1) is 17.8 Å². The first kappa shape index (κ1) is 48.3. The van der Waals surface area contributed by atoms with E-state index in [9.17, 15) is 14.4 Å². The van der Waals surface area contributed by atoms with Crippen molar-refractivity contribution in [3.63, 3.8) is 0 Å². The molecule has 344 valence electrons. The zero-order chi connectivity index (χ0) is 44.9. The molecule has 6 rings (SSSR count). The third-order valence-corrected chi connectivity index (χ3v) is 13.2. The van der Waals surface area contributed by atoms with Crippen LogP contribution in [0.3, 0.4) is 0 Å². The van der Waals surface area contributed by atoms with E-state index in [0.29, 0.717) is 99.1 Å². The summed E-state index contributed by atoms with van der Waals surface area (Å²) in [6.07, 6.45) is 16.0. The number of thiazole rings is 1. The molecule has 1 aromatic heterocycles. The van der Waals surface area contributed by atoms with Crippen LogP contribution in [0.15, 0.2) is 84.5 Å². The molecule has 0 bridgehead atoms. The fraction of sp³-hybridized carbons (Fsp3) is 0.510. The number of aromatic nitrogens is 1. The Balaban J connectivity index is 1.05. The van der Waals surface area contributed by atoms with Gasteiger partial charge in [0.2, 0.25) is 5.13 Å². The van der Waals surface area contributed by atoms with E-state index >= 15 is 0 Å². The molecule has 0 amide bonds. The predicted molar refractivity (Wildman–Crippen MR) is 252 cm³/mol. The van der Waals surface area contributed by atoms with E-state index in [0.717, 1.165) is 41.8 Å². The zero-order valence-electron chi connectivity index (χ0n) is 37.6. The fourth-order valence-corrected chi connectivity index (χ4v) is 9.41. The summed E-state index contributed by atoms with van der Waals surface area (Å²) in [5.41, 5.74) is 2.84. The topological polar surface area (TPSA) is 135 Å². The molecule has 2 aliphatic rings. The maximum atomic E-state index is 13.6. The number of fused-ring (bicyclic) bond motifs is 1. The van der Waals surface area contributed by atoms with Crippen LogP contribution in [0.2, 0.25) is 0 Å². The number of carbonyl (C=O) groups is 3. The molecule has 2 fully saturated rings. The number of hydrazone groups is 1. The summed E-state index contributed by atoms with van der Waals surface area (Å²) in [6.45, 7) is 8.30. The quantitative estimate of drug-likeness (QED) is 0.0157. The van der Waals surface area contributed by atoms with Crippen molar-refractivity contribution < 1.29 is 42.8 Å². The van der Waals surface area contributed by atoms with E-state index in [4.69, 9.17) is 38.5 Å². The van der Waals surface area contributed by atoms with E-state index in [1.807, 2.05) is 36.4 Å². The maximum absolute atomic E-state index is 13.6. The van der Waals surface area contributed by atoms with Gasteiger partial charge >= 0.3 is 17.9 Å². The number of methoxy groups -OCH3 is 1. The summed E-state index contributed by atoms with van der Waals surface area (Å²) >= 11 is 1.54. The second kappa shape index (κ2) is 26.0. The highest BCUT2D eigenvalue weighted by atomic mass is 32.1. The van der Waals surface area contributed by atoms with Crippen molar-refractivity contribution in [3.8, 4) is 17.2 Å². The minimum absolute atomic E-state index is 0.241. The molecule has 0 atom stereocenters. The Morgan fingerprint density at radius 2 is 1.48 bits per heavy atom. The first-order chi connectivity index (χ1) is 31.3. The van der Waals surface area contributed by atoms with Crippen LogP contribution in [0.5, 0.6) is 17.2 Å². The number of esters is 3. The smallest absolute Gasteiger partial charge is 0.330 e. The van der Waals surface area contributed by atoms with Gasteiger partial charge in [0.15, 0.2) is 0 Å². The molecule has 12 nitrogen and oxygen atoms in total. The Labute approximate surface area is 382 Å². The Morgan fingerprint density at radius 1 is 0.797 bits per heavy atom. The maximum Gasteiger partial charge on any atom is 0.330 e. The number of nitrogens with zero attached hydrogens (tertiary/aromatic N) is 3. The second-order valence-electron chi connectivity index (χ2n) is 16.7. The third kappa shape index (κ3) is 15.0. The SMILES string of the molecule is C=CC(=O)OCCCCCCOc1ccc(OC(=O)C2CCC(C(=O)Oc3ccc(C4CCC(CCC)CC4)cc3)CC2)cc1/C=N/N(CCOCCOC)c1nc2ccccc2s1. The van der Waals surface area contributed by atoms with E-state index < -0.39 is 5.97 Å². The molecule has 0 spiro atoms. The predicted octanol–water partition coefficient (Wildman–Crippen LogP) is 10.9. The number of carbonyl (C=O) groups excluding carboxylic acids is 3. The van der Waals surface area contributed by atoms with Gasteiger partial charge in [0.05, 0.1) is 67.8 Å². The summed E-state index contributed by atoms with van der Waals surface area (Å²) in [6, 6.07) is 21.3. The van der Waals surface area contributed by atoms with Crippen LogP contribution < -0.4 is 19.2 Å². The molecule has 13 heteroatoms. The van der Waals surface area contributed by atoms with Gasteiger partial charge in [-0.2, -0.15) is 5.10 Å². The van der Waals surface area contributed by atoms with E-state index in [1.54, 1.807) is 36.5 Å². The van der Waals surface area contributed by atoms with E-state index in [2.05, 4.69) is 25.6 Å². The van der Waals surface area contributed by atoms with Crippen molar-refractivity contribution in [2.24, 2.45) is 22.9 Å². The normalized spacial score (nSPS) is 18.7. The van der Waals surface area contributed by atoms with E-state index in [-0.39, 0.29) is 23.8 Å². The zero-order valence-corrected chi connectivity index (χ0v) is 38.4. The molecule has 0 N–H and O–H groups in total. The highest BCUT2D eigenvalue weighted by molar-refractivity contribution is 7.22. The fourth-order valence-electron chi connectivity index (χ4n) is 8.46. The van der Waals surface area contributed by atoms with Crippen LogP contribution in [-0.4, -0.2) is 75.8 Å². The Kier molecular flexibility index (Phi) is 19.6. The number of hydrogen-bond acceptors (Lipinski definition) is 13. The Bertz CT molecular complexity index is 2070. The van der Waals surface area contributed by atoms with Crippen LogP contribution in [0.25, 0.3) is 10.2 Å². The van der Waals surface area contributed by atoms with Crippen LogP contribution in [0.4, 0.5) is 5.13 Å². The Morgan fingerprint density at radius 3 is 2.17 bits per heavy atom. The van der Waals surface area contributed by atoms with Gasteiger partial charge in [-0.25, -0.2) is 14.8 Å². The molecular formula is C51H65N3O9S. The number of ether oxygens (including phenoxy) is 6. The second-order valence-corrected chi connectivity index (χ2v) is 17.7. The van der Waals surface area contributed by atoms with Crippen molar-refractivity contribution in [2.45, 2.75) is 103 Å². The van der Waals surface area contributed by atoms with Gasteiger partial charge in [0.25, 0.3) is 0 Å². The summed E-state index contributed by atoms with van der Waals surface area (Å²) < 4.78 is 35.1. The van der Waals surface area contributed by atoms with Gasteiger partial charge in [-0.15, -0.1) is 0 Å². The first-order valence-corrected chi connectivity index (χ1v) is 24.0. The van der Waals surface area contributed by atoms with Gasteiger partial charge in [-0.1, -0.05) is 61.9 Å². The van der Waals surface area contributed by atoms with Crippen LogP contribution in [0.1, 0.15) is 114 Å².